The Morgan fingerprint density at radius 2 is 1.70 bits per heavy atom. The largest absolute Gasteiger partial charge is 0.433 e. The average Bonchev–Trinajstić information content (AvgIpc) is 3.44. The molecule has 0 saturated heterocycles. The molecule has 0 bridgehead atoms. The van der Waals surface area contributed by atoms with Gasteiger partial charge in [-0.25, -0.2) is 9.50 Å². The first-order valence-corrected chi connectivity index (χ1v) is 12.9. The maximum Gasteiger partial charge on any atom is 0.433 e. The standard InChI is InChI=1S/C30H29F3N6O/c1-17(2)22-9-11-23(12-10-22)24-14-26(30(31,32)33)39-27(34-24)15-25(37-39)29(40)35-28-19(4)36-38(20(28)5)16-21-8-6-7-18(3)13-21/h6-15,17H,16H2,1-5H3,(H,35,40). The Morgan fingerprint density at radius 1 is 0.975 bits per heavy atom. The molecule has 0 radical (unpaired) electrons. The van der Waals surface area contributed by atoms with Crippen molar-refractivity contribution in [3.05, 3.63) is 100 Å². The molecule has 5 aromatic rings. The lowest BCUT2D eigenvalue weighted by molar-refractivity contribution is -0.142. The van der Waals surface area contributed by atoms with Crippen LogP contribution in [0.4, 0.5) is 18.9 Å². The van der Waals surface area contributed by atoms with E-state index in [1.807, 2.05) is 58.0 Å². The third kappa shape index (κ3) is 5.34. The minimum Gasteiger partial charge on any atom is -0.317 e. The number of fused-ring (bicyclic) bond motifs is 1. The molecular weight excluding hydrogens is 517 g/mol. The molecular formula is C30H29F3N6O. The summed E-state index contributed by atoms with van der Waals surface area (Å²) in [4.78, 5) is 17.6. The van der Waals surface area contributed by atoms with Crippen LogP contribution in [-0.4, -0.2) is 30.3 Å². The molecule has 7 nitrogen and oxygen atoms in total. The van der Waals surface area contributed by atoms with Crippen molar-refractivity contribution in [1.29, 1.82) is 0 Å². The van der Waals surface area contributed by atoms with Gasteiger partial charge in [0.2, 0.25) is 0 Å². The van der Waals surface area contributed by atoms with E-state index in [4.69, 9.17) is 0 Å². The molecule has 3 heterocycles. The van der Waals surface area contributed by atoms with Gasteiger partial charge < -0.3 is 5.32 Å². The highest BCUT2D eigenvalue weighted by Gasteiger charge is 2.36. The molecule has 1 N–H and O–H groups in total. The number of carbonyl (C=O) groups is 1. The average molecular weight is 547 g/mol. The van der Waals surface area contributed by atoms with Crippen LogP contribution in [0.15, 0.2) is 60.7 Å². The molecule has 2 aromatic carbocycles. The predicted octanol–water partition coefficient (Wildman–Crippen LogP) is 6.96. The van der Waals surface area contributed by atoms with E-state index < -0.39 is 17.8 Å². The van der Waals surface area contributed by atoms with Gasteiger partial charge in [0, 0.05) is 11.6 Å². The van der Waals surface area contributed by atoms with E-state index in [-0.39, 0.29) is 23.0 Å². The summed E-state index contributed by atoms with van der Waals surface area (Å²) >= 11 is 0. The Hall–Kier alpha value is -4.47. The molecule has 0 fully saturated rings. The summed E-state index contributed by atoms with van der Waals surface area (Å²) in [5.41, 5.74) is 4.46. The number of nitrogens with one attached hydrogen (secondary N) is 1. The number of alkyl halides is 3. The molecule has 40 heavy (non-hydrogen) atoms. The first kappa shape index (κ1) is 27.1. The number of benzene rings is 2. The zero-order valence-corrected chi connectivity index (χ0v) is 22.8. The number of nitrogens with zero attached hydrogens (tertiary/aromatic N) is 5. The van der Waals surface area contributed by atoms with E-state index in [1.165, 1.54) is 6.07 Å². The quantitative estimate of drug-likeness (QED) is 0.250. The molecule has 206 valence electrons. The van der Waals surface area contributed by atoms with Crippen molar-refractivity contribution in [3.63, 3.8) is 0 Å². The lowest BCUT2D eigenvalue weighted by atomic mass is 10.0. The second kappa shape index (κ2) is 10.3. The zero-order chi connectivity index (χ0) is 28.8. The molecule has 0 atom stereocenters. The normalized spacial score (nSPS) is 11.9. The van der Waals surface area contributed by atoms with E-state index in [0.29, 0.717) is 28.0 Å². The van der Waals surface area contributed by atoms with E-state index >= 15 is 0 Å². The van der Waals surface area contributed by atoms with Crippen molar-refractivity contribution in [2.24, 2.45) is 0 Å². The third-order valence-electron chi connectivity index (χ3n) is 6.86. The topological polar surface area (TPSA) is 77.1 Å². The number of hydrogen-bond acceptors (Lipinski definition) is 4. The van der Waals surface area contributed by atoms with Crippen LogP contribution >= 0.6 is 0 Å². The van der Waals surface area contributed by atoms with Crippen LogP contribution in [0.3, 0.4) is 0 Å². The Labute approximate surface area is 229 Å². The van der Waals surface area contributed by atoms with Crippen molar-refractivity contribution >= 4 is 17.2 Å². The number of amides is 1. The summed E-state index contributed by atoms with van der Waals surface area (Å²) in [6.07, 6.45) is -4.71. The van der Waals surface area contributed by atoms with Crippen molar-refractivity contribution < 1.29 is 18.0 Å². The molecule has 0 unspecified atom stereocenters. The number of anilines is 1. The van der Waals surface area contributed by atoms with Crippen molar-refractivity contribution in [2.45, 2.75) is 53.3 Å². The first-order chi connectivity index (χ1) is 18.9. The Bertz CT molecular complexity index is 1710. The van der Waals surface area contributed by atoms with Crippen LogP contribution < -0.4 is 5.32 Å². The Kier molecular flexibility index (Phi) is 6.95. The third-order valence-corrected chi connectivity index (χ3v) is 6.86. The molecule has 10 heteroatoms. The van der Waals surface area contributed by atoms with Gasteiger partial charge in [-0.2, -0.15) is 23.4 Å². The minimum atomic E-state index is -4.71. The van der Waals surface area contributed by atoms with Gasteiger partial charge in [-0.3, -0.25) is 9.48 Å². The number of aryl methyl sites for hydroxylation is 2. The number of aromatic nitrogens is 5. The van der Waals surface area contributed by atoms with Gasteiger partial charge in [0.1, 0.15) is 0 Å². The van der Waals surface area contributed by atoms with Crippen molar-refractivity contribution in [3.8, 4) is 11.3 Å². The highest BCUT2D eigenvalue weighted by Crippen LogP contribution is 2.33. The molecule has 0 spiro atoms. The fourth-order valence-corrected chi connectivity index (χ4v) is 4.67. The lowest BCUT2D eigenvalue weighted by Crippen LogP contribution is -2.16. The molecule has 0 aliphatic carbocycles. The van der Waals surface area contributed by atoms with E-state index in [1.54, 1.807) is 23.7 Å². The lowest BCUT2D eigenvalue weighted by Gasteiger charge is -2.12. The maximum atomic E-state index is 14.1. The minimum absolute atomic E-state index is 0.0773. The number of rotatable bonds is 6. The zero-order valence-electron chi connectivity index (χ0n) is 22.8. The molecule has 0 aliphatic rings. The SMILES string of the molecule is Cc1cccc(Cn2nc(C)c(NC(=O)c3cc4nc(-c5ccc(C(C)C)cc5)cc(C(F)(F)F)n4n3)c2C)c1. The fraction of sp³-hybridized carbons (Fsp3) is 0.267. The smallest absolute Gasteiger partial charge is 0.317 e. The van der Waals surface area contributed by atoms with Crippen LogP contribution in [0.2, 0.25) is 0 Å². The van der Waals surface area contributed by atoms with Crippen LogP contribution in [-0.2, 0) is 12.7 Å². The molecule has 5 rings (SSSR count). The number of carbonyl (C=O) groups excluding carboxylic acids is 1. The van der Waals surface area contributed by atoms with Gasteiger partial charge >= 0.3 is 6.18 Å². The van der Waals surface area contributed by atoms with Crippen molar-refractivity contribution in [2.75, 3.05) is 5.32 Å². The summed E-state index contributed by atoms with van der Waals surface area (Å²) < 4.78 is 44.6. The Balaban J connectivity index is 1.47. The number of halogens is 3. The monoisotopic (exact) mass is 546 g/mol. The molecule has 0 aliphatic heterocycles. The second-order valence-electron chi connectivity index (χ2n) is 10.2. The van der Waals surface area contributed by atoms with Crippen molar-refractivity contribution in [1.82, 2.24) is 24.4 Å². The summed E-state index contributed by atoms with van der Waals surface area (Å²) in [6.45, 7) is 10.2. The van der Waals surface area contributed by atoms with Crippen LogP contribution in [0.1, 0.15) is 64.0 Å². The van der Waals surface area contributed by atoms with Gasteiger partial charge in [0.25, 0.3) is 5.91 Å². The molecule has 3 aromatic heterocycles. The van der Waals surface area contributed by atoms with E-state index in [9.17, 15) is 18.0 Å². The van der Waals surface area contributed by atoms with Gasteiger partial charge in [0.15, 0.2) is 17.0 Å². The summed E-state index contributed by atoms with van der Waals surface area (Å²) in [5.74, 6) is -0.365. The predicted molar refractivity (Wildman–Crippen MR) is 147 cm³/mol. The van der Waals surface area contributed by atoms with Gasteiger partial charge in [0.05, 0.1) is 29.3 Å². The highest BCUT2D eigenvalue weighted by atomic mass is 19.4. The highest BCUT2D eigenvalue weighted by molar-refractivity contribution is 6.04. The van der Waals surface area contributed by atoms with Gasteiger partial charge in [-0.1, -0.05) is 67.9 Å². The van der Waals surface area contributed by atoms with Crippen LogP contribution in [0.25, 0.3) is 16.9 Å². The molecule has 0 saturated carbocycles. The van der Waals surface area contributed by atoms with Gasteiger partial charge in [-0.05, 0) is 43.9 Å². The van der Waals surface area contributed by atoms with Crippen LogP contribution in [0.5, 0.6) is 0 Å². The van der Waals surface area contributed by atoms with Gasteiger partial charge in [-0.15, -0.1) is 0 Å². The maximum absolute atomic E-state index is 14.1. The first-order valence-electron chi connectivity index (χ1n) is 12.9. The summed E-state index contributed by atoms with van der Waals surface area (Å²) in [6, 6.07) is 17.5. The summed E-state index contributed by atoms with van der Waals surface area (Å²) in [7, 11) is 0. The van der Waals surface area contributed by atoms with E-state index in [2.05, 4.69) is 26.6 Å². The van der Waals surface area contributed by atoms with Crippen LogP contribution in [0, 0.1) is 20.8 Å². The molecule has 1 amide bonds. The Morgan fingerprint density at radius 3 is 2.35 bits per heavy atom. The van der Waals surface area contributed by atoms with E-state index in [0.717, 1.165) is 28.5 Å². The fourth-order valence-electron chi connectivity index (χ4n) is 4.67. The second-order valence-corrected chi connectivity index (χ2v) is 10.2. The number of hydrogen-bond donors (Lipinski definition) is 1. The summed E-state index contributed by atoms with van der Waals surface area (Å²) in [5, 5.41) is 11.3.